The van der Waals surface area contributed by atoms with Crippen LogP contribution in [0.5, 0.6) is 0 Å². The van der Waals surface area contributed by atoms with E-state index >= 15 is 0 Å². The summed E-state index contributed by atoms with van der Waals surface area (Å²) >= 11 is 5.98. The van der Waals surface area contributed by atoms with E-state index in [0.717, 1.165) is 17.2 Å². The Balaban J connectivity index is 1.94. The molecule has 0 atom stereocenters. The van der Waals surface area contributed by atoms with Crippen LogP contribution in [0.4, 0.5) is 15.8 Å². The van der Waals surface area contributed by atoms with Gasteiger partial charge in [0.1, 0.15) is 23.2 Å². The number of fused-ring (bicyclic) bond motifs is 3. The zero-order chi connectivity index (χ0) is 16.0. The molecule has 1 aliphatic rings. The molecule has 1 aromatic heterocycles. The van der Waals surface area contributed by atoms with Crippen molar-refractivity contribution in [2.75, 3.05) is 11.4 Å². The second-order valence-corrected chi connectivity index (χ2v) is 5.92. The molecular formula is C17H14ClFN4. The third kappa shape index (κ3) is 2.28. The van der Waals surface area contributed by atoms with E-state index in [-0.39, 0.29) is 5.82 Å². The Labute approximate surface area is 138 Å². The molecule has 116 valence electrons. The van der Waals surface area contributed by atoms with Gasteiger partial charge < -0.3 is 4.90 Å². The van der Waals surface area contributed by atoms with Crippen LogP contribution in [0.2, 0.25) is 5.02 Å². The van der Waals surface area contributed by atoms with E-state index in [1.165, 1.54) is 6.07 Å². The molecule has 0 unspecified atom stereocenters. The third-order valence-corrected chi connectivity index (χ3v) is 4.32. The van der Waals surface area contributed by atoms with E-state index in [9.17, 15) is 4.39 Å². The summed E-state index contributed by atoms with van der Waals surface area (Å²) in [5.74, 6) is 1.17. The van der Waals surface area contributed by atoms with Crippen molar-refractivity contribution in [2.24, 2.45) is 0 Å². The lowest BCUT2D eigenvalue weighted by Crippen LogP contribution is -2.19. The molecule has 4 rings (SSSR count). The van der Waals surface area contributed by atoms with Crippen LogP contribution in [0.3, 0.4) is 0 Å². The number of halogens is 2. The Kier molecular flexibility index (Phi) is 3.31. The summed E-state index contributed by atoms with van der Waals surface area (Å²) in [4.78, 5) is 2.09. The molecule has 3 aromatic rings. The Morgan fingerprint density at radius 2 is 1.87 bits per heavy atom. The highest BCUT2D eigenvalue weighted by Crippen LogP contribution is 2.36. The first-order chi connectivity index (χ1) is 11.1. The number of anilines is 2. The van der Waals surface area contributed by atoms with Gasteiger partial charge in [-0.05, 0) is 43.3 Å². The van der Waals surface area contributed by atoms with Crippen LogP contribution in [-0.2, 0) is 6.42 Å². The maximum absolute atomic E-state index is 14.6. The predicted molar refractivity (Wildman–Crippen MR) is 88.2 cm³/mol. The van der Waals surface area contributed by atoms with E-state index < -0.39 is 0 Å². The van der Waals surface area contributed by atoms with Crippen molar-refractivity contribution in [2.45, 2.75) is 13.3 Å². The topological polar surface area (TPSA) is 34.0 Å². The molecule has 0 radical (unpaired) electrons. The summed E-state index contributed by atoms with van der Waals surface area (Å²) in [6.45, 7) is 2.53. The summed E-state index contributed by atoms with van der Waals surface area (Å²) in [6, 6.07) is 12.7. The van der Waals surface area contributed by atoms with Gasteiger partial charge in [-0.2, -0.15) is 0 Å². The molecule has 0 bridgehead atoms. The minimum Gasteiger partial charge on any atom is -0.339 e. The zero-order valence-corrected chi connectivity index (χ0v) is 13.3. The molecule has 0 amide bonds. The Hall–Kier alpha value is -2.40. The van der Waals surface area contributed by atoms with Crippen LogP contribution in [0.15, 0.2) is 42.5 Å². The molecule has 6 heteroatoms. The summed E-state index contributed by atoms with van der Waals surface area (Å²) in [5.41, 5.74) is 2.27. The molecule has 4 nitrogen and oxygen atoms in total. The second kappa shape index (κ2) is 5.35. The van der Waals surface area contributed by atoms with Gasteiger partial charge in [-0.25, -0.2) is 4.39 Å². The molecule has 1 aliphatic heterocycles. The number of hydrogen-bond donors (Lipinski definition) is 0. The van der Waals surface area contributed by atoms with Crippen LogP contribution >= 0.6 is 11.6 Å². The van der Waals surface area contributed by atoms with Gasteiger partial charge in [-0.15, -0.1) is 10.2 Å². The molecule has 2 aromatic carbocycles. The minimum absolute atomic E-state index is 0.285. The first-order valence-electron chi connectivity index (χ1n) is 7.38. The number of benzene rings is 2. The second-order valence-electron chi connectivity index (χ2n) is 5.48. The normalized spacial score (nSPS) is 13.4. The largest absolute Gasteiger partial charge is 0.339 e. The van der Waals surface area contributed by atoms with E-state index in [1.54, 1.807) is 10.6 Å². The number of nitrogens with zero attached hydrogens (tertiary/aromatic N) is 4. The fraction of sp³-hybridized carbons (Fsp3) is 0.176. The Bertz CT molecular complexity index is 873. The molecular weight excluding hydrogens is 315 g/mol. The van der Waals surface area contributed by atoms with Crippen LogP contribution in [0.1, 0.15) is 11.6 Å². The van der Waals surface area contributed by atoms with Gasteiger partial charge in [-0.1, -0.05) is 17.7 Å². The molecule has 0 fully saturated rings. The van der Waals surface area contributed by atoms with Gasteiger partial charge in [0.2, 0.25) is 0 Å². The van der Waals surface area contributed by atoms with Crippen LogP contribution in [0, 0.1) is 12.7 Å². The maximum atomic E-state index is 14.6. The first-order valence-corrected chi connectivity index (χ1v) is 7.76. The van der Waals surface area contributed by atoms with Gasteiger partial charge in [0, 0.05) is 23.7 Å². The average Bonchev–Trinajstić information content (AvgIpc) is 2.81. The van der Waals surface area contributed by atoms with E-state index in [0.29, 0.717) is 29.5 Å². The third-order valence-electron chi connectivity index (χ3n) is 4.07. The van der Waals surface area contributed by atoms with Gasteiger partial charge >= 0.3 is 0 Å². The van der Waals surface area contributed by atoms with E-state index in [4.69, 9.17) is 11.6 Å². The lowest BCUT2D eigenvalue weighted by molar-refractivity contribution is 0.615. The molecule has 23 heavy (non-hydrogen) atoms. The number of rotatable bonds is 1. The van der Waals surface area contributed by atoms with Crippen molar-refractivity contribution >= 4 is 23.0 Å². The zero-order valence-electron chi connectivity index (χ0n) is 12.5. The predicted octanol–water partition coefficient (Wildman–Crippen LogP) is 4.06. The van der Waals surface area contributed by atoms with E-state index in [2.05, 4.69) is 15.1 Å². The van der Waals surface area contributed by atoms with Crippen molar-refractivity contribution in [3.05, 3.63) is 65.0 Å². The average molecular weight is 329 g/mol. The van der Waals surface area contributed by atoms with Crippen LogP contribution in [-0.4, -0.2) is 21.3 Å². The lowest BCUT2D eigenvalue weighted by Gasteiger charge is -2.25. The molecule has 0 saturated carbocycles. The molecule has 0 aliphatic carbocycles. The first kappa shape index (κ1) is 14.2. The van der Waals surface area contributed by atoms with Gasteiger partial charge in [0.25, 0.3) is 0 Å². The number of aromatic nitrogens is 3. The smallest absolute Gasteiger partial charge is 0.149 e. The number of para-hydroxylation sites is 1. The lowest BCUT2D eigenvalue weighted by atomic mass is 10.2. The highest BCUT2D eigenvalue weighted by atomic mass is 35.5. The summed E-state index contributed by atoms with van der Waals surface area (Å²) < 4.78 is 16.4. The van der Waals surface area contributed by atoms with Crippen molar-refractivity contribution in [1.29, 1.82) is 0 Å². The van der Waals surface area contributed by atoms with Gasteiger partial charge in [0.05, 0.1) is 5.69 Å². The van der Waals surface area contributed by atoms with Crippen molar-refractivity contribution in [3.8, 4) is 5.69 Å². The molecule has 0 N–H and O–H groups in total. The van der Waals surface area contributed by atoms with Crippen LogP contribution in [0.25, 0.3) is 5.69 Å². The quantitative estimate of drug-likeness (QED) is 0.675. The number of hydrogen-bond acceptors (Lipinski definition) is 3. The highest BCUT2D eigenvalue weighted by Gasteiger charge is 2.25. The standard InChI is InChI=1S/C17H14ClFN4/c1-11-20-21-16-9-10-22(13-7-5-12(18)6-8-13)15-4-2-3-14(19)17(15)23(11)16/h2-8H,9-10H2,1H3. The maximum Gasteiger partial charge on any atom is 0.149 e. The fourth-order valence-electron chi connectivity index (χ4n) is 3.02. The molecule has 0 saturated heterocycles. The summed E-state index contributed by atoms with van der Waals surface area (Å²) in [7, 11) is 0. The van der Waals surface area contributed by atoms with Crippen molar-refractivity contribution < 1.29 is 4.39 Å². The Morgan fingerprint density at radius 1 is 1.09 bits per heavy atom. The van der Waals surface area contributed by atoms with E-state index in [1.807, 2.05) is 37.3 Å². The highest BCUT2D eigenvalue weighted by molar-refractivity contribution is 6.30. The minimum atomic E-state index is -0.285. The van der Waals surface area contributed by atoms with Gasteiger partial charge in [-0.3, -0.25) is 4.57 Å². The molecule has 2 heterocycles. The molecule has 0 spiro atoms. The van der Waals surface area contributed by atoms with Crippen LogP contribution < -0.4 is 4.90 Å². The summed E-state index contributed by atoms with van der Waals surface area (Å²) in [5, 5.41) is 8.97. The van der Waals surface area contributed by atoms with Crippen molar-refractivity contribution in [3.63, 3.8) is 0 Å². The SMILES string of the molecule is Cc1nnc2n1-c1c(F)cccc1N(c1ccc(Cl)cc1)CC2. The summed E-state index contributed by atoms with van der Waals surface area (Å²) in [6.07, 6.45) is 0.678. The van der Waals surface area contributed by atoms with Gasteiger partial charge in [0.15, 0.2) is 0 Å². The monoisotopic (exact) mass is 328 g/mol. The fourth-order valence-corrected chi connectivity index (χ4v) is 3.15. The van der Waals surface area contributed by atoms with Crippen molar-refractivity contribution in [1.82, 2.24) is 14.8 Å². The Morgan fingerprint density at radius 3 is 2.65 bits per heavy atom. The number of aryl methyl sites for hydroxylation is 1.